The van der Waals surface area contributed by atoms with Gasteiger partial charge >= 0.3 is 12.0 Å². The van der Waals surface area contributed by atoms with Crippen molar-refractivity contribution in [1.82, 2.24) is 10.2 Å². The first-order valence-electron chi connectivity index (χ1n) is 6.08. The average molecular weight is 242 g/mol. The Kier molecular flexibility index (Phi) is 4.37. The Morgan fingerprint density at radius 3 is 2.59 bits per heavy atom. The van der Waals surface area contributed by atoms with E-state index in [2.05, 4.69) is 26.1 Å². The molecular formula is C12H22N2O3. The lowest BCUT2D eigenvalue weighted by atomic mass is 9.92. The highest BCUT2D eigenvalue weighted by Crippen LogP contribution is 2.19. The summed E-state index contributed by atoms with van der Waals surface area (Å²) in [5, 5.41) is 11.8. The first-order chi connectivity index (χ1) is 7.81. The molecular weight excluding hydrogens is 220 g/mol. The molecule has 0 aromatic heterocycles. The summed E-state index contributed by atoms with van der Waals surface area (Å²) < 4.78 is 0. The van der Waals surface area contributed by atoms with E-state index in [4.69, 9.17) is 5.11 Å². The van der Waals surface area contributed by atoms with Crippen molar-refractivity contribution in [3.63, 3.8) is 0 Å². The van der Waals surface area contributed by atoms with E-state index in [-0.39, 0.29) is 11.4 Å². The molecule has 5 heteroatoms. The zero-order valence-electron chi connectivity index (χ0n) is 10.8. The first kappa shape index (κ1) is 13.8. The lowest BCUT2D eigenvalue weighted by Crippen LogP contribution is -2.46. The van der Waals surface area contributed by atoms with Gasteiger partial charge in [0.15, 0.2) is 0 Å². The molecule has 0 aromatic carbocycles. The predicted octanol–water partition coefficient (Wildman–Crippen LogP) is 1.68. The quantitative estimate of drug-likeness (QED) is 0.791. The monoisotopic (exact) mass is 242 g/mol. The molecule has 1 heterocycles. The van der Waals surface area contributed by atoms with Gasteiger partial charge in [0.25, 0.3) is 0 Å². The number of aliphatic carboxylic acids is 1. The Bertz CT molecular complexity index is 297. The molecule has 0 aliphatic carbocycles. The third-order valence-corrected chi connectivity index (χ3v) is 2.95. The van der Waals surface area contributed by atoms with Gasteiger partial charge in [-0.2, -0.15) is 0 Å². The van der Waals surface area contributed by atoms with E-state index in [0.29, 0.717) is 19.5 Å². The third kappa shape index (κ3) is 4.24. The third-order valence-electron chi connectivity index (χ3n) is 2.95. The molecule has 2 N–H and O–H groups in total. The normalized spacial score (nSPS) is 20.4. The molecule has 98 valence electrons. The molecule has 1 atom stereocenters. The Hall–Kier alpha value is -1.26. The molecule has 0 bridgehead atoms. The standard InChI is InChI=1S/C12H22N2O3/c1-12(2,3)6-7-13-11(17)14-8-4-5-9(14)10(15)16/h9H,4-8H2,1-3H3,(H,13,17)(H,15,16)/t9-/m1/s1. The molecule has 1 rings (SSSR count). The highest BCUT2D eigenvalue weighted by atomic mass is 16.4. The fourth-order valence-electron chi connectivity index (χ4n) is 1.91. The van der Waals surface area contributed by atoms with Crippen LogP contribution in [0.5, 0.6) is 0 Å². The molecule has 0 unspecified atom stereocenters. The fraction of sp³-hybridized carbons (Fsp3) is 0.833. The van der Waals surface area contributed by atoms with Gasteiger partial charge in [0.2, 0.25) is 0 Å². The summed E-state index contributed by atoms with van der Waals surface area (Å²) in [5.41, 5.74) is 0.171. The van der Waals surface area contributed by atoms with E-state index in [1.165, 1.54) is 4.90 Å². The highest BCUT2D eigenvalue weighted by molar-refractivity contribution is 5.83. The number of carbonyl (C=O) groups excluding carboxylic acids is 1. The minimum atomic E-state index is -0.909. The van der Waals surface area contributed by atoms with Crippen LogP contribution in [0.15, 0.2) is 0 Å². The summed E-state index contributed by atoms with van der Waals surface area (Å²) in [4.78, 5) is 24.1. The van der Waals surface area contributed by atoms with E-state index in [9.17, 15) is 9.59 Å². The van der Waals surface area contributed by atoms with E-state index >= 15 is 0 Å². The van der Waals surface area contributed by atoms with Gasteiger partial charge in [-0.3, -0.25) is 0 Å². The van der Waals surface area contributed by atoms with Gasteiger partial charge in [0, 0.05) is 13.1 Å². The number of nitrogens with one attached hydrogen (secondary N) is 1. The number of amides is 2. The molecule has 0 radical (unpaired) electrons. The van der Waals surface area contributed by atoms with Crippen LogP contribution in [0, 0.1) is 5.41 Å². The van der Waals surface area contributed by atoms with Crippen molar-refractivity contribution in [2.24, 2.45) is 5.41 Å². The van der Waals surface area contributed by atoms with Gasteiger partial charge in [-0.1, -0.05) is 20.8 Å². The number of carboxylic acids is 1. The van der Waals surface area contributed by atoms with Crippen LogP contribution in [0.25, 0.3) is 0 Å². The maximum Gasteiger partial charge on any atom is 0.326 e. The summed E-state index contributed by atoms with van der Waals surface area (Å²) in [6.45, 7) is 7.45. The second kappa shape index (κ2) is 5.38. The number of likely N-dealkylation sites (tertiary alicyclic amines) is 1. The van der Waals surface area contributed by atoms with Crippen molar-refractivity contribution >= 4 is 12.0 Å². The number of rotatable bonds is 3. The zero-order valence-corrected chi connectivity index (χ0v) is 10.8. The van der Waals surface area contributed by atoms with Crippen molar-refractivity contribution in [3.8, 4) is 0 Å². The molecule has 5 nitrogen and oxygen atoms in total. The van der Waals surface area contributed by atoms with Gasteiger partial charge in [-0.25, -0.2) is 9.59 Å². The molecule has 1 fully saturated rings. The summed E-state index contributed by atoms with van der Waals surface area (Å²) in [7, 11) is 0. The first-order valence-corrected chi connectivity index (χ1v) is 6.08. The number of nitrogens with zero attached hydrogens (tertiary/aromatic N) is 1. The molecule has 0 aromatic rings. The molecule has 1 saturated heterocycles. The van der Waals surface area contributed by atoms with Crippen molar-refractivity contribution in [2.75, 3.05) is 13.1 Å². The lowest BCUT2D eigenvalue weighted by molar-refractivity contribution is -0.141. The maximum absolute atomic E-state index is 11.8. The van der Waals surface area contributed by atoms with Crippen LogP contribution >= 0.6 is 0 Å². The van der Waals surface area contributed by atoms with Gasteiger partial charge in [0.05, 0.1) is 0 Å². The van der Waals surface area contributed by atoms with Crippen LogP contribution < -0.4 is 5.32 Å². The summed E-state index contributed by atoms with van der Waals surface area (Å²) in [6.07, 6.45) is 2.20. The van der Waals surface area contributed by atoms with Crippen LogP contribution in [-0.4, -0.2) is 41.1 Å². The molecule has 1 aliphatic rings. The maximum atomic E-state index is 11.8. The Morgan fingerprint density at radius 1 is 1.41 bits per heavy atom. The van der Waals surface area contributed by atoms with Crippen LogP contribution in [0.1, 0.15) is 40.0 Å². The number of hydrogen-bond acceptors (Lipinski definition) is 2. The molecule has 0 spiro atoms. The van der Waals surface area contributed by atoms with Crippen LogP contribution in [0.3, 0.4) is 0 Å². The van der Waals surface area contributed by atoms with Gasteiger partial charge < -0.3 is 15.3 Å². The van der Waals surface area contributed by atoms with E-state index in [1.807, 2.05) is 0 Å². The summed E-state index contributed by atoms with van der Waals surface area (Å²) in [5.74, 6) is -0.909. The average Bonchev–Trinajstić information content (AvgIpc) is 2.63. The van der Waals surface area contributed by atoms with Gasteiger partial charge in [0.1, 0.15) is 6.04 Å². The van der Waals surface area contributed by atoms with Crippen LogP contribution in [0.2, 0.25) is 0 Å². The summed E-state index contributed by atoms with van der Waals surface area (Å²) >= 11 is 0. The minimum Gasteiger partial charge on any atom is -0.480 e. The minimum absolute atomic E-state index is 0.171. The van der Waals surface area contributed by atoms with Crippen molar-refractivity contribution < 1.29 is 14.7 Å². The van der Waals surface area contributed by atoms with Crippen molar-refractivity contribution in [1.29, 1.82) is 0 Å². The Balaban J connectivity index is 2.40. The van der Waals surface area contributed by atoms with Crippen molar-refractivity contribution in [2.45, 2.75) is 46.1 Å². The smallest absolute Gasteiger partial charge is 0.326 e. The van der Waals surface area contributed by atoms with Gasteiger partial charge in [-0.15, -0.1) is 0 Å². The molecule has 2 amide bonds. The van der Waals surface area contributed by atoms with E-state index < -0.39 is 12.0 Å². The number of hydrogen-bond donors (Lipinski definition) is 2. The van der Waals surface area contributed by atoms with Crippen molar-refractivity contribution in [3.05, 3.63) is 0 Å². The second-order valence-corrected chi connectivity index (χ2v) is 5.73. The van der Waals surface area contributed by atoms with Gasteiger partial charge in [-0.05, 0) is 24.7 Å². The molecule has 17 heavy (non-hydrogen) atoms. The zero-order chi connectivity index (χ0) is 13.1. The van der Waals surface area contributed by atoms with E-state index in [0.717, 1.165) is 12.8 Å². The predicted molar refractivity (Wildman–Crippen MR) is 64.8 cm³/mol. The fourth-order valence-corrected chi connectivity index (χ4v) is 1.91. The largest absolute Gasteiger partial charge is 0.480 e. The Labute approximate surface area is 102 Å². The SMILES string of the molecule is CC(C)(C)CCNC(=O)N1CCC[C@@H]1C(=O)O. The highest BCUT2D eigenvalue weighted by Gasteiger charge is 2.33. The topological polar surface area (TPSA) is 69.6 Å². The number of urea groups is 1. The number of carboxylic acid groups (broad SMARTS) is 1. The molecule has 0 saturated carbocycles. The number of carbonyl (C=O) groups is 2. The Morgan fingerprint density at radius 2 is 2.06 bits per heavy atom. The summed E-state index contributed by atoms with van der Waals surface area (Å²) in [6, 6.07) is -0.899. The van der Waals surface area contributed by atoms with E-state index in [1.54, 1.807) is 0 Å². The second-order valence-electron chi connectivity index (χ2n) is 5.73. The van der Waals surface area contributed by atoms with Crippen LogP contribution in [-0.2, 0) is 4.79 Å². The molecule has 1 aliphatic heterocycles. The van der Waals surface area contributed by atoms with Crippen LogP contribution in [0.4, 0.5) is 4.79 Å². The lowest BCUT2D eigenvalue weighted by Gasteiger charge is -2.23.